The highest BCUT2D eigenvalue weighted by Gasteiger charge is 2.32. The lowest BCUT2D eigenvalue weighted by molar-refractivity contribution is -0.145. The van der Waals surface area contributed by atoms with Crippen LogP contribution in [0.4, 0.5) is 0 Å². The van der Waals surface area contributed by atoms with Crippen molar-refractivity contribution in [2.75, 3.05) is 6.54 Å². The van der Waals surface area contributed by atoms with Crippen LogP contribution in [0, 0.1) is 0 Å². The largest absolute Gasteiger partial charge is 0.508 e. The van der Waals surface area contributed by atoms with Gasteiger partial charge in [0.25, 0.3) is 0 Å². The Kier molecular flexibility index (Phi) is 3.87. The van der Waals surface area contributed by atoms with Crippen LogP contribution in [0.15, 0.2) is 24.3 Å². The molecule has 0 radical (unpaired) electrons. The van der Waals surface area contributed by atoms with Crippen molar-refractivity contribution in [1.29, 1.82) is 0 Å². The van der Waals surface area contributed by atoms with E-state index in [1.165, 1.54) is 0 Å². The molecule has 2 rings (SSSR count). The number of carboxylic acid groups (broad SMARTS) is 1. The number of carbonyl (C=O) groups is 1. The van der Waals surface area contributed by atoms with Crippen LogP contribution in [-0.2, 0) is 4.79 Å². The second-order valence-electron chi connectivity index (χ2n) is 4.86. The summed E-state index contributed by atoms with van der Waals surface area (Å²) in [5.74, 6) is -0.523. The minimum absolute atomic E-state index is 0.0125. The molecule has 2 atom stereocenters. The first kappa shape index (κ1) is 12.9. The summed E-state index contributed by atoms with van der Waals surface area (Å²) in [6, 6.07) is 6.66. The summed E-state index contributed by atoms with van der Waals surface area (Å²) >= 11 is 0. The zero-order chi connectivity index (χ0) is 13.1. The predicted octanol–water partition coefficient (Wildman–Crippen LogP) is 2.39. The zero-order valence-corrected chi connectivity index (χ0v) is 10.5. The number of hydrogen-bond acceptors (Lipinski definition) is 3. The first-order chi connectivity index (χ1) is 8.59. The summed E-state index contributed by atoms with van der Waals surface area (Å²) < 4.78 is 0. The first-order valence-corrected chi connectivity index (χ1v) is 6.37. The quantitative estimate of drug-likeness (QED) is 0.863. The Bertz CT molecular complexity index is 433. The summed E-state index contributed by atoms with van der Waals surface area (Å²) in [5, 5.41) is 18.8. The molecular weight excluding hydrogens is 230 g/mol. The Balaban J connectivity index is 2.20. The first-order valence-electron chi connectivity index (χ1n) is 6.37. The predicted molar refractivity (Wildman–Crippen MR) is 68.5 cm³/mol. The molecule has 4 heteroatoms. The van der Waals surface area contributed by atoms with Crippen molar-refractivity contribution in [2.45, 2.75) is 38.3 Å². The van der Waals surface area contributed by atoms with Crippen LogP contribution >= 0.6 is 0 Å². The minimum atomic E-state index is -0.748. The van der Waals surface area contributed by atoms with Crippen molar-refractivity contribution in [2.24, 2.45) is 0 Å². The van der Waals surface area contributed by atoms with Gasteiger partial charge in [-0.1, -0.05) is 18.6 Å². The monoisotopic (exact) mass is 249 g/mol. The number of phenolic OH excluding ortho intramolecular Hbond substituents is 1. The van der Waals surface area contributed by atoms with E-state index >= 15 is 0 Å². The van der Waals surface area contributed by atoms with Crippen molar-refractivity contribution in [3.8, 4) is 5.75 Å². The van der Waals surface area contributed by atoms with Crippen molar-refractivity contribution >= 4 is 5.97 Å². The molecule has 0 spiro atoms. The van der Waals surface area contributed by atoms with Gasteiger partial charge in [-0.05, 0) is 44.0 Å². The van der Waals surface area contributed by atoms with Gasteiger partial charge in [0.2, 0.25) is 0 Å². The van der Waals surface area contributed by atoms with E-state index in [9.17, 15) is 15.0 Å². The molecule has 0 aromatic heterocycles. The van der Waals surface area contributed by atoms with Crippen LogP contribution in [0.5, 0.6) is 5.75 Å². The van der Waals surface area contributed by atoms with E-state index in [0.29, 0.717) is 6.42 Å². The Morgan fingerprint density at radius 2 is 2.22 bits per heavy atom. The number of aromatic hydroxyl groups is 1. The third-order valence-electron chi connectivity index (χ3n) is 3.68. The maximum atomic E-state index is 11.3. The lowest BCUT2D eigenvalue weighted by atomic mass is 9.97. The molecule has 18 heavy (non-hydrogen) atoms. The fourth-order valence-electron chi connectivity index (χ4n) is 2.66. The van der Waals surface area contributed by atoms with Crippen molar-refractivity contribution in [3.63, 3.8) is 0 Å². The van der Waals surface area contributed by atoms with E-state index in [1.807, 2.05) is 17.9 Å². The Morgan fingerprint density at radius 1 is 1.44 bits per heavy atom. The molecule has 0 amide bonds. The lowest BCUT2D eigenvalue weighted by Crippen LogP contribution is -2.45. The molecule has 4 nitrogen and oxygen atoms in total. The highest BCUT2D eigenvalue weighted by molar-refractivity contribution is 5.73. The fourth-order valence-corrected chi connectivity index (χ4v) is 2.66. The van der Waals surface area contributed by atoms with Crippen LogP contribution in [0.2, 0.25) is 0 Å². The smallest absolute Gasteiger partial charge is 0.320 e. The molecule has 1 aliphatic rings. The van der Waals surface area contributed by atoms with Crippen molar-refractivity contribution in [3.05, 3.63) is 29.8 Å². The molecule has 1 aromatic rings. The summed E-state index contributed by atoms with van der Waals surface area (Å²) in [6.45, 7) is 2.80. The van der Waals surface area contributed by atoms with Gasteiger partial charge >= 0.3 is 5.97 Å². The van der Waals surface area contributed by atoms with Crippen LogP contribution in [0.1, 0.15) is 37.8 Å². The van der Waals surface area contributed by atoms with E-state index < -0.39 is 12.0 Å². The van der Waals surface area contributed by atoms with Gasteiger partial charge in [-0.15, -0.1) is 0 Å². The second-order valence-corrected chi connectivity index (χ2v) is 4.86. The Labute approximate surface area is 107 Å². The number of aliphatic carboxylic acids is 1. The van der Waals surface area contributed by atoms with E-state index in [0.717, 1.165) is 24.9 Å². The average Bonchev–Trinajstić information content (AvgIpc) is 2.38. The average molecular weight is 249 g/mol. The molecule has 1 aromatic carbocycles. The number of likely N-dealkylation sites (tertiary alicyclic amines) is 1. The molecule has 1 saturated heterocycles. The minimum Gasteiger partial charge on any atom is -0.508 e. The molecule has 0 saturated carbocycles. The lowest BCUT2D eigenvalue weighted by Gasteiger charge is -2.37. The van der Waals surface area contributed by atoms with Gasteiger partial charge in [-0.25, -0.2) is 0 Å². The van der Waals surface area contributed by atoms with Gasteiger partial charge in [-0.3, -0.25) is 9.69 Å². The van der Waals surface area contributed by atoms with E-state index in [2.05, 4.69) is 0 Å². The Morgan fingerprint density at radius 3 is 2.89 bits per heavy atom. The van der Waals surface area contributed by atoms with Crippen molar-refractivity contribution < 1.29 is 15.0 Å². The summed E-state index contributed by atoms with van der Waals surface area (Å²) in [6.07, 6.45) is 2.71. The maximum absolute atomic E-state index is 11.3. The highest BCUT2D eigenvalue weighted by Crippen LogP contribution is 2.29. The molecule has 2 N–H and O–H groups in total. The third-order valence-corrected chi connectivity index (χ3v) is 3.68. The van der Waals surface area contributed by atoms with Crippen molar-refractivity contribution in [1.82, 2.24) is 4.90 Å². The second kappa shape index (κ2) is 5.40. The third kappa shape index (κ3) is 2.64. The van der Waals surface area contributed by atoms with Gasteiger partial charge in [0.15, 0.2) is 0 Å². The summed E-state index contributed by atoms with van der Waals surface area (Å²) in [7, 11) is 0. The van der Waals surface area contributed by atoms with E-state index in [-0.39, 0.29) is 11.8 Å². The number of benzene rings is 1. The molecule has 98 valence electrons. The number of phenols is 1. The van der Waals surface area contributed by atoms with E-state index in [4.69, 9.17) is 0 Å². The standard InChI is InChI=1S/C14H19NO3/c1-10(11-5-4-6-12(16)9-11)15-8-3-2-7-13(15)14(17)18/h4-6,9-10,13,16H,2-3,7-8H2,1H3,(H,17,18). The fraction of sp³-hybridized carbons (Fsp3) is 0.500. The SMILES string of the molecule is CC(c1cccc(O)c1)N1CCCCC1C(=O)O. The van der Waals surface area contributed by atoms with Crippen LogP contribution in [0.25, 0.3) is 0 Å². The van der Waals surface area contributed by atoms with Crippen LogP contribution in [0.3, 0.4) is 0 Å². The number of nitrogens with zero attached hydrogens (tertiary/aromatic N) is 1. The van der Waals surface area contributed by atoms with Gasteiger partial charge in [-0.2, -0.15) is 0 Å². The molecule has 0 aliphatic carbocycles. The summed E-state index contributed by atoms with van der Waals surface area (Å²) in [5.41, 5.74) is 0.961. The zero-order valence-electron chi connectivity index (χ0n) is 10.5. The maximum Gasteiger partial charge on any atom is 0.320 e. The van der Waals surface area contributed by atoms with E-state index in [1.54, 1.807) is 18.2 Å². The number of hydrogen-bond donors (Lipinski definition) is 2. The number of carboxylic acids is 1. The summed E-state index contributed by atoms with van der Waals surface area (Å²) in [4.78, 5) is 13.3. The van der Waals surface area contributed by atoms with Crippen LogP contribution < -0.4 is 0 Å². The molecule has 2 unspecified atom stereocenters. The topological polar surface area (TPSA) is 60.8 Å². The molecule has 1 heterocycles. The molecule has 1 fully saturated rings. The molecular formula is C14H19NO3. The van der Waals surface area contributed by atoms with Gasteiger partial charge in [0.05, 0.1) is 0 Å². The van der Waals surface area contributed by atoms with Gasteiger partial charge < -0.3 is 10.2 Å². The van der Waals surface area contributed by atoms with Gasteiger partial charge in [0.1, 0.15) is 11.8 Å². The number of rotatable bonds is 3. The number of piperidine rings is 1. The molecule has 0 bridgehead atoms. The Hall–Kier alpha value is -1.55. The highest BCUT2D eigenvalue weighted by atomic mass is 16.4. The normalized spacial score (nSPS) is 22.6. The van der Waals surface area contributed by atoms with Gasteiger partial charge in [0, 0.05) is 6.04 Å². The van der Waals surface area contributed by atoms with Crippen LogP contribution in [-0.4, -0.2) is 33.7 Å². The molecule has 1 aliphatic heterocycles.